The number of primary amides is 1. The Balaban J connectivity index is 2.10. The maximum Gasteiger partial charge on any atom is 0.318 e. The first-order chi connectivity index (χ1) is 11.3. The SMILES string of the molecule is Cc1ccc2c(CC(=O)O[C@@H](C(=O)NC(N)=O)C(C)C)coc2c1. The average Bonchev–Trinajstić information content (AvgIpc) is 2.85. The molecule has 2 rings (SSSR count). The largest absolute Gasteiger partial charge is 0.464 e. The fraction of sp³-hybridized carbons (Fsp3) is 0.353. The molecule has 0 unspecified atom stereocenters. The molecule has 0 saturated carbocycles. The van der Waals surface area contributed by atoms with Crippen LogP contribution in [0.1, 0.15) is 25.0 Å². The van der Waals surface area contributed by atoms with E-state index in [4.69, 9.17) is 14.9 Å². The van der Waals surface area contributed by atoms with Crippen molar-refractivity contribution in [3.8, 4) is 0 Å². The van der Waals surface area contributed by atoms with Crippen molar-refractivity contribution in [2.24, 2.45) is 11.7 Å². The van der Waals surface area contributed by atoms with Gasteiger partial charge in [0.05, 0.1) is 12.7 Å². The molecule has 1 aromatic heterocycles. The fourth-order valence-electron chi connectivity index (χ4n) is 2.35. The van der Waals surface area contributed by atoms with E-state index in [9.17, 15) is 14.4 Å². The van der Waals surface area contributed by atoms with Gasteiger partial charge < -0.3 is 14.9 Å². The number of carbonyl (C=O) groups excluding carboxylic acids is 3. The number of carbonyl (C=O) groups is 3. The molecule has 1 aromatic carbocycles. The summed E-state index contributed by atoms with van der Waals surface area (Å²) in [4.78, 5) is 34.8. The molecule has 1 heterocycles. The number of nitrogens with two attached hydrogens (primary N) is 1. The zero-order chi connectivity index (χ0) is 17.9. The quantitative estimate of drug-likeness (QED) is 0.814. The lowest BCUT2D eigenvalue weighted by atomic mass is 10.1. The molecule has 0 aliphatic carbocycles. The second kappa shape index (κ2) is 7.16. The van der Waals surface area contributed by atoms with Crippen LogP contribution in [0, 0.1) is 12.8 Å². The number of urea groups is 1. The predicted octanol–water partition coefficient (Wildman–Crippen LogP) is 2.05. The van der Waals surface area contributed by atoms with E-state index in [0.29, 0.717) is 11.1 Å². The highest BCUT2D eigenvalue weighted by Crippen LogP contribution is 2.23. The molecule has 1 atom stereocenters. The first kappa shape index (κ1) is 17.5. The van der Waals surface area contributed by atoms with E-state index >= 15 is 0 Å². The van der Waals surface area contributed by atoms with E-state index in [-0.39, 0.29) is 12.3 Å². The van der Waals surface area contributed by atoms with Crippen LogP contribution in [0.25, 0.3) is 11.0 Å². The summed E-state index contributed by atoms with van der Waals surface area (Å²) in [7, 11) is 0. The highest BCUT2D eigenvalue weighted by atomic mass is 16.5. The molecule has 0 radical (unpaired) electrons. The lowest BCUT2D eigenvalue weighted by molar-refractivity contribution is -0.157. The van der Waals surface area contributed by atoms with Gasteiger partial charge in [-0.2, -0.15) is 0 Å². The molecule has 24 heavy (non-hydrogen) atoms. The lowest BCUT2D eigenvalue weighted by Gasteiger charge is -2.19. The van der Waals surface area contributed by atoms with Crippen LogP contribution in [0.4, 0.5) is 4.79 Å². The number of benzene rings is 1. The minimum absolute atomic E-state index is 0.0386. The van der Waals surface area contributed by atoms with Crippen LogP contribution in [0.2, 0.25) is 0 Å². The number of hydrogen-bond acceptors (Lipinski definition) is 5. The van der Waals surface area contributed by atoms with Crippen molar-refractivity contribution in [3.05, 3.63) is 35.6 Å². The van der Waals surface area contributed by atoms with Gasteiger partial charge in [-0.25, -0.2) is 4.79 Å². The molecule has 0 fully saturated rings. The summed E-state index contributed by atoms with van der Waals surface area (Å²) in [6.45, 7) is 5.35. The molecule has 128 valence electrons. The van der Waals surface area contributed by atoms with Crippen LogP contribution < -0.4 is 11.1 Å². The van der Waals surface area contributed by atoms with Crippen molar-refractivity contribution in [2.45, 2.75) is 33.3 Å². The Hall–Kier alpha value is -2.83. The number of rotatable bonds is 5. The van der Waals surface area contributed by atoms with E-state index in [0.717, 1.165) is 10.9 Å². The maximum absolute atomic E-state index is 12.2. The summed E-state index contributed by atoms with van der Waals surface area (Å²) in [5, 5.41) is 2.75. The summed E-state index contributed by atoms with van der Waals surface area (Å²) >= 11 is 0. The standard InChI is InChI=1S/C17H20N2O5/c1-9(2)15(16(21)19-17(18)22)24-14(20)7-11-8-23-13-6-10(3)4-5-12(11)13/h4-6,8-9,15H,7H2,1-3H3,(H3,18,19,21,22)/t15-/m1/s1. The van der Waals surface area contributed by atoms with Crippen LogP contribution in [0.3, 0.4) is 0 Å². The predicted molar refractivity (Wildman–Crippen MR) is 87.1 cm³/mol. The van der Waals surface area contributed by atoms with Gasteiger partial charge >= 0.3 is 12.0 Å². The van der Waals surface area contributed by atoms with Crippen molar-refractivity contribution in [2.75, 3.05) is 0 Å². The fourth-order valence-corrected chi connectivity index (χ4v) is 2.35. The number of amides is 3. The summed E-state index contributed by atoms with van der Waals surface area (Å²) in [5.74, 6) is -1.63. The van der Waals surface area contributed by atoms with Crippen LogP contribution in [-0.4, -0.2) is 24.0 Å². The summed E-state index contributed by atoms with van der Waals surface area (Å²) < 4.78 is 10.7. The van der Waals surface area contributed by atoms with Crippen LogP contribution in [-0.2, 0) is 20.7 Å². The molecule has 7 nitrogen and oxygen atoms in total. The summed E-state index contributed by atoms with van der Waals surface area (Å²) in [6.07, 6.45) is 0.368. The van der Waals surface area contributed by atoms with Gasteiger partial charge in [0.1, 0.15) is 5.58 Å². The smallest absolute Gasteiger partial charge is 0.318 e. The van der Waals surface area contributed by atoms with Crippen molar-refractivity contribution in [3.63, 3.8) is 0 Å². The second-order valence-electron chi connectivity index (χ2n) is 5.95. The Bertz CT molecular complexity index is 778. The van der Waals surface area contributed by atoms with Gasteiger partial charge in [0.25, 0.3) is 5.91 Å². The average molecular weight is 332 g/mol. The lowest BCUT2D eigenvalue weighted by Crippen LogP contribution is -2.45. The first-order valence-electron chi connectivity index (χ1n) is 7.54. The van der Waals surface area contributed by atoms with Gasteiger partial charge in [0.15, 0.2) is 6.10 Å². The Morgan fingerprint density at radius 1 is 1.29 bits per heavy atom. The van der Waals surface area contributed by atoms with E-state index < -0.39 is 24.0 Å². The Labute approximate surface area is 139 Å². The molecule has 0 bridgehead atoms. The van der Waals surface area contributed by atoms with Gasteiger partial charge in [-0.05, 0) is 24.5 Å². The van der Waals surface area contributed by atoms with Crippen molar-refractivity contribution in [1.29, 1.82) is 0 Å². The topological polar surface area (TPSA) is 112 Å². The molecule has 3 N–H and O–H groups in total. The van der Waals surface area contributed by atoms with E-state index in [1.807, 2.05) is 30.4 Å². The normalized spacial score (nSPS) is 12.2. The number of esters is 1. The molecule has 0 spiro atoms. The minimum atomic E-state index is -1.09. The van der Waals surface area contributed by atoms with Gasteiger partial charge in [-0.3, -0.25) is 14.9 Å². The maximum atomic E-state index is 12.2. The molecular weight excluding hydrogens is 312 g/mol. The van der Waals surface area contributed by atoms with Crippen molar-refractivity contribution >= 4 is 28.9 Å². The van der Waals surface area contributed by atoms with E-state index in [1.165, 1.54) is 6.26 Å². The third-order valence-corrected chi connectivity index (χ3v) is 3.51. The van der Waals surface area contributed by atoms with Gasteiger partial charge in [0, 0.05) is 10.9 Å². The first-order valence-corrected chi connectivity index (χ1v) is 7.54. The minimum Gasteiger partial charge on any atom is -0.464 e. The molecule has 3 amide bonds. The molecule has 2 aromatic rings. The third-order valence-electron chi connectivity index (χ3n) is 3.51. The molecular formula is C17H20N2O5. The van der Waals surface area contributed by atoms with Gasteiger partial charge in [-0.1, -0.05) is 26.0 Å². The third kappa shape index (κ3) is 4.13. The number of furan rings is 1. The van der Waals surface area contributed by atoms with Gasteiger partial charge in [-0.15, -0.1) is 0 Å². The number of ether oxygens (including phenoxy) is 1. The van der Waals surface area contributed by atoms with Crippen molar-refractivity contribution in [1.82, 2.24) is 5.32 Å². The van der Waals surface area contributed by atoms with E-state index in [2.05, 4.69) is 0 Å². The Kier molecular flexibility index (Phi) is 5.23. The molecule has 7 heteroatoms. The second-order valence-corrected chi connectivity index (χ2v) is 5.95. The van der Waals surface area contributed by atoms with Crippen molar-refractivity contribution < 1.29 is 23.5 Å². The number of hydrogen-bond donors (Lipinski definition) is 2. The Morgan fingerprint density at radius 3 is 2.62 bits per heavy atom. The van der Waals surface area contributed by atoms with Crippen LogP contribution in [0.15, 0.2) is 28.9 Å². The van der Waals surface area contributed by atoms with Crippen LogP contribution in [0.5, 0.6) is 0 Å². The molecule has 0 aliphatic heterocycles. The van der Waals surface area contributed by atoms with E-state index in [1.54, 1.807) is 13.8 Å². The monoisotopic (exact) mass is 332 g/mol. The molecule has 0 saturated heterocycles. The zero-order valence-electron chi connectivity index (χ0n) is 13.8. The number of aryl methyl sites for hydroxylation is 1. The number of imide groups is 1. The molecule has 0 aliphatic rings. The number of nitrogens with one attached hydrogen (secondary N) is 1. The summed E-state index contributed by atoms with van der Waals surface area (Å²) in [5.41, 5.74) is 7.33. The van der Waals surface area contributed by atoms with Gasteiger partial charge in [0.2, 0.25) is 0 Å². The highest BCUT2D eigenvalue weighted by Gasteiger charge is 2.27. The highest BCUT2D eigenvalue weighted by molar-refractivity contribution is 5.97. The summed E-state index contributed by atoms with van der Waals surface area (Å²) in [6, 6.07) is 4.68. The van der Waals surface area contributed by atoms with Crippen LogP contribution >= 0.6 is 0 Å². The number of fused-ring (bicyclic) bond motifs is 1. The zero-order valence-corrected chi connectivity index (χ0v) is 13.8. The Morgan fingerprint density at radius 2 is 2.00 bits per heavy atom.